The summed E-state index contributed by atoms with van der Waals surface area (Å²) in [6.07, 6.45) is 0.380. The fraction of sp³-hybridized carbons (Fsp3) is 0.400. The van der Waals surface area contributed by atoms with Gasteiger partial charge in [0, 0.05) is 0 Å². The van der Waals surface area contributed by atoms with Crippen LogP contribution in [0.3, 0.4) is 0 Å². The Morgan fingerprint density at radius 1 is 1.67 bits per heavy atom. The van der Waals surface area contributed by atoms with E-state index < -0.39 is 0 Å². The summed E-state index contributed by atoms with van der Waals surface area (Å²) < 4.78 is 0. The SMILES string of the molecule is Cc1nnc(CC#N)s1. The minimum absolute atomic E-state index is 0.380. The second-order valence-corrected chi connectivity index (χ2v) is 2.82. The van der Waals surface area contributed by atoms with Crippen LogP contribution in [0.1, 0.15) is 10.0 Å². The maximum atomic E-state index is 8.22. The van der Waals surface area contributed by atoms with E-state index in [9.17, 15) is 0 Å². The quantitative estimate of drug-likeness (QED) is 0.581. The molecule has 1 heterocycles. The lowest BCUT2D eigenvalue weighted by atomic mass is 10.5. The van der Waals surface area contributed by atoms with Gasteiger partial charge >= 0.3 is 0 Å². The van der Waals surface area contributed by atoms with Crippen molar-refractivity contribution in [1.82, 2.24) is 10.2 Å². The molecule has 0 fully saturated rings. The molecule has 0 radical (unpaired) electrons. The van der Waals surface area contributed by atoms with E-state index in [1.165, 1.54) is 11.3 Å². The summed E-state index contributed by atoms with van der Waals surface area (Å²) in [4.78, 5) is 0. The van der Waals surface area contributed by atoms with Gasteiger partial charge in [-0.3, -0.25) is 0 Å². The van der Waals surface area contributed by atoms with E-state index in [1.54, 1.807) is 0 Å². The number of aryl methyl sites for hydroxylation is 1. The minimum Gasteiger partial charge on any atom is -0.198 e. The molecule has 1 rings (SSSR count). The van der Waals surface area contributed by atoms with Gasteiger partial charge < -0.3 is 0 Å². The topological polar surface area (TPSA) is 49.6 Å². The first-order valence-electron chi connectivity index (χ1n) is 2.49. The first-order chi connectivity index (χ1) is 4.33. The van der Waals surface area contributed by atoms with Gasteiger partial charge in [-0.2, -0.15) is 5.26 Å². The summed E-state index contributed by atoms with van der Waals surface area (Å²) in [6, 6.07) is 2.01. The van der Waals surface area contributed by atoms with E-state index in [0.717, 1.165) is 10.0 Å². The van der Waals surface area contributed by atoms with Crippen molar-refractivity contribution < 1.29 is 0 Å². The lowest BCUT2D eigenvalue weighted by molar-refractivity contribution is 0.994. The summed E-state index contributed by atoms with van der Waals surface area (Å²) >= 11 is 1.47. The average molecular weight is 139 g/mol. The van der Waals surface area contributed by atoms with Crippen LogP contribution in [0.5, 0.6) is 0 Å². The van der Waals surface area contributed by atoms with Crippen molar-refractivity contribution in [3.8, 4) is 6.07 Å². The second-order valence-electron chi connectivity index (χ2n) is 1.55. The third kappa shape index (κ3) is 1.47. The first-order valence-corrected chi connectivity index (χ1v) is 3.30. The summed E-state index contributed by atoms with van der Waals surface area (Å²) in [5, 5.41) is 17.4. The van der Waals surface area contributed by atoms with Crippen molar-refractivity contribution in [2.45, 2.75) is 13.3 Å². The van der Waals surface area contributed by atoms with Crippen LogP contribution in [0.2, 0.25) is 0 Å². The van der Waals surface area contributed by atoms with Crippen LogP contribution in [0, 0.1) is 18.3 Å². The third-order valence-corrected chi connectivity index (χ3v) is 1.64. The summed E-state index contributed by atoms with van der Waals surface area (Å²) in [5.41, 5.74) is 0. The summed E-state index contributed by atoms with van der Waals surface area (Å²) in [7, 11) is 0. The van der Waals surface area contributed by atoms with Gasteiger partial charge in [-0.25, -0.2) is 0 Å². The number of rotatable bonds is 1. The Kier molecular flexibility index (Phi) is 1.75. The molecular weight excluding hydrogens is 134 g/mol. The maximum absolute atomic E-state index is 8.22. The van der Waals surface area contributed by atoms with Crippen molar-refractivity contribution in [2.75, 3.05) is 0 Å². The molecule has 3 nitrogen and oxygen atoms in total. The van der Waals surface area contributed by atoms with Gasteiger partial charge in [0.2, 0.25) is 0 Å². The average Bonchev–Trinajstić information content (AvgIpc) is 2.17. The van der Waals surface area contributed by atoms with Crippen molar-refractivity contribution in [2.24, 2.45) is 0 Å². The molecule has 0 aliphatic heterocycles. The molecule has 0 aliphatic rings. The molecule has 1 aromatic rings. The van der Waals surface area contributed by atoms with E-state index in [4.69, 9.17) is 5.26 Å². The lowest BCUT2D eigenvalue weighted by Crippen LogP contribution is -1.77. The molecule has 0 spiro atoms. The molecule has 0 saturated heterocycles. The molecule has 0 atom stereocenters. The number of nitriles is 1. The maximum Gasteiger partial charge on any atom is 0.131 e. The molecule has 0 amide bonds. The molecule has 0 unspecified atom stereocenters. The highest BCUT2D eigenvalue weighted by atomic mass is 32.1. The fourth-order valence-corrected chi connectivity index (χ4v) is 1.12. The molecule has 0 aliphatic carbocycles. The Labute approximate surface area is 57.0 Å². The standard InChI is InChI=1S/C5H5N3S/c1-4-7-8-5(9-4)2-3-6/h2H2,1H3. The molecule has 1 aromatic heterocycles. The van der Waals surface area contributed by atoms with Gasteiger partial charge in [0.1, 0.15) is 10.0 Å². The number of hydrogen-bond acceptors (Lipinski definition) is 4. The monoisotopic (exact) mass is 139 g/mol. The molecule has 0 N–H and O–H groups in total. The first kappa shape index (κ1) is 6.17. The molecule has 4 heteroatoms. The highest BCUT2D eigenvalue weighted by molar-refractivity contribution is 7.11. The predicted molar refractivity (Wildman–Crippen MR) is 34.0 cm³/mol. The Hall–Kier alpha value is -0.950. The van der Waals surface area contributed by atoms with Crippen molar-refractivity contribution in [3.05, 3.63) is 10.0 Å². The second kappa shape index (κ2) is 2.55. The van der Waals surface area contributed by atoms with Crippen LogP contribution >= 0.6 is 11.3 Å². The van der Waals surface area contributed by atoms with Gasteiger partial charge in [-0.15, -0.1) is 21.5 Å². The van der Waals surface area contributed by atoms with Crippen LogP contribution in [-0.2, 0) is 6.42 Å². The lowest BCUT2D eigenvalue weighted by Gasteiger charge is -1.73. The zero-order valence-electron chi connectivity index (χ0n) is 4.96. The van der Waals surface area contributed by atoms with Gasteiger partial charge in [0.05, 0.1) is 12.5 Å². The van der Waals surface area contributed by atoms with Crippen LogP contribution in [-0.4, -0.2) is 10.2 Å². The van der Waals surface area contributed by atoms with Gasteiger partial charge in [0.25, 0.3) is 0 Å². The van der Waals surface area contributed by atoms with E-state index in [1.807, 2.05) is 13.0 Å². The van der Waals surface area contributed by atoms with E-state index >= 15 is 0 Å². The summed E-state index contributed by atoms with van der Waals surface area (Å²) in [5.74, 6) is 0. The van der Waals surface area contributed by atoms with Crippen LogP contribution < -0.4 is 0 Å². The normalized spacial score (nSPS) is 8.89. The van der Waals surface area contributed by atoms with Crippen LogP contribution in [0.15, 0.2) is 0 Å². The number of nitrogens with zero attached hydrogens (tertiary/aromatic N) is 3. The Morgan fingerprint density at radius 2 is 2.44 bits per heavy atom. The smallest absolute Gasteiger partial charge is 0.131 e. The highest BCUT2D eigenvalue weighted by Gasteiger charge is 1.96. The third-order valence-electron chi connectivity index (χ3n) is 0.798. The Bertz CT molecular complexity index is 235. The molecule has 46 valence electrons. The largest absolute Gasteiger partial charge is 0.198 e. The number of aromatic nitrogens is 2. The van der Waals surface area contributed by atoms with Gasteiger partial charge in [0.15, 0.2) is 0 Å². The van der Waals surface area contributed by atoms with Crippen LogP contribution in [0.4, 0.5) is 0 Å². The highest BCUT2D eigenvalue weighted by Crippen LogP contribution is 2.06. The zero-order valence-corrected chi connectivity index (χ0v) is 5.77. The predicted octanol–water partition coefficient (Wildman–Crippen LogP) is 0.913. The van der Waals surface area contributed by atoms with Crippen molar-refractivity contribution >= 4 is 11.3 Å². The molecule has 9 heavy (non-hydrogen) atoms. The van der Waals surface area contributed by atoms with E-state index in [-0.39, 0.29) is 0 Å². The molecular formula is C5H5N3S. The molecule has 0 aromatic carbocycles. The Balaban J connectivity index is 2.76. The van der Waals surface area contributed by atoms with Gasteiger partial charge in [-0.05, 0) is 6.92 Å². The fourth-order valence-electron chi connectivity index (χ4n) is 0.477. The minimum atomic E-state index is 0.380. The Morgan fingerprint density at radius 3 is 2.89 bits per heavy atom. The van der Waals surface area contributed by atoms with Crippen molar-refractivity contribution in [1.29, 1.82) is 5.26 Å². The molecule has 0 bridgehead atoms. The number of hydrogen-bond donors (Lipinski definition) is 0. The van der Waals surface area contributed by atoms with E-state index in [0.29, 0.717) is 6.42 Å². The summed E-state index contributed by atoms with van der Waals surface area (Å²) in [6.45, 7) is 1.87. The van der Waals surface area contributed by atoms with E-state index in [2.05, 4.69) is 10.2 Å². The zero-order chi connectivity index (χ0) is 6.69. The van der Waals surface area contributed by atoms with Crippen molar-refractivity contribution in [3.63, 3.8) is 0 Å². The molecule has 0 saturated carbocycles. The van der Waals surface area contributed by atoms with Crippen LogP contribution in [0.25, 0.3) is 0 Å². The van der Waals surface area contributed by atoms with Gasteiger partial charge in [-0.1, -0.05) is 0 Å².